The van der Waals surface area contributed by atoms with Crippen LogP contribution >= 0.6 is 11.6 Å². The number of phenolic OH excluding ortho intramolecular Hbond substituents is 2. The number of phenols is 2. The number of halogens is 1. The highest BCUT2D eigenvalue weighted by Gasteiger charge is 2.25. The molecule has 1 aromatic carbocycles. The van der Waals surface area contributed by atoms with Crippen LogP contribution in [0.5, 0.6) is 11.5 Å². The Morgan fingerprint density at radius 2 is 1.72 bits per heavy atom. The number of benzene rings is 1. The van der Waals surface area contributed by atoms with Crippen molar-refractivity contribution in [2.45, 2.75) is 18.6 Å². The van der Waals surface area contributed by atoms with Crippen LogP contribution in [-0.2, 0) is 0 Å². The Kier molecular flexibility index (Phi) is 4.77. The minimum atomic E-state index is -1.55. The molecule has 1 rings (SSSR count). The third-order valence-electron chi connectivity index (χ3n) is 2.45. The van der Waals surface area contributed by atoms with Crippen LogP contribution in [0.15, 0.2) is 12.1 Å². The molecule has 0 aliphatic carbocycles. The van der Waals surface area contributed by atoms with Crippen LogP contribution in [0, 0.1) is 0 Å². The normalized spacial score (nSPS) is 14.2. The minimum absolute atomic E-state index is 0.0578. The van der Waals surface area contributed by atoms with Crippen molar-refractivity contribution in [3.63, 3.8) is 0 Å². The van der Waals surface area contributed by atoms with Crippen molar-refractivity contribution >= 4 is 17.6 Å². The minimum Gasteiger partial charge on any atom is -0.507 e. The second kappa shape index (κ2) is 5.90. The molecule has 0 saturated carbocycles. The van der Waals surface area contributed by atoms with Gasteiger partial charge in [0.25, 0.3) is 0 Å². The van der Waals surface area contributed by atoms with Gasteiger partial charge in [0.1, 0.15) is 17.6 Å². The van der Waals surface area contributed by atoms with E-state index in [1.807, 2.05) is 0 Å². The van der Waals surface area contributed by atoms with Crippen molar-refractivity contribution in [1.29, 1.82) is 0 Å². The summed E-state index contributed by atoms with van der Waals surface area (Å²) in [5.41, 5.74) is -0.648. The topological polar surface area (TPSA) is 118 Å². The molecule has 1 aromatic rings. The van der Waals surface area contributed by atoms with Gasteiger partial charge in [-0.1, -0.05) is 0 Å². The van der Waals surface area contributed by atoms with Crippen molar-refractivity contribution < 1.29 is 30.3 Å². The number of alkyl halides is 1. The molecule has 0 saturated heterocycles. The van der Waals surface area contributed by atoms with Gasteiger partial charge < -0.3 is 25.5 Å². The lowest BCUT2D eigenvalue weighted by Crippen LogP contribution is -2.19. The van der Waals surface area contributed by atoms with Crippen molar-refractivity contribution in [3.8, 4) is 11.5 Å². The van der Waals surface area contributed by atoms with Gasteiger partial charge in [0.15, 0.2) is 0 Å². The number of hydrogen-bond donors (Lipinski definition) is 5. The van der Waals surface area contributed by atoms with Crippen LogP contribution < -0.4 is 0 Å². The summed E-state index contributed by atoms with van der Waals surface area (Å²) in [5, 5.41) is 47.1. The molecule has 0 amide bonds. The van der Waals surface area contributed by atoms with E-state index >= 15 is 0 Å². The monoisotopic (exact) mass is 276 g/mol. The molecule has 0 aromatic heterocycles. The van der Waals surface area contributed by atoms with E-state index in [9.17, 15) is 25.2 Å². The molecule has 100 valence electrons. The molecule has 2 atom stereocenters. The van der Waals surface area contributed by atoms with E-state index in [-0.39, 0.29) is 23.4 Å². The Morgan fingerprint density at radius 1 is 1.22 bits per heavy atom. The number of hydrogen-bond acceptors (Lipinski definition) is 5. The third-order valence-corrected chi connectivity index (χ3v) is 2.67. The van der Waals surface area contributed by atoms with Crippen LogP contribution in [0.1, 0.15) is 28.4 Å². The van der Waals surface area contributed by atoms with E-state index in [1.54, 1.807) is 0 Å². The Labute approximate surface area is 108 Å². The first kappa shape index (κ1) is 14.6. The Balaban J connectivity index is 3.13. The van der Waals surface area contributed by atoms with E-state index in [2.05, 4.69) is 0 Å². The first-order chi connectivity index (χ1) is 8.38. The van der Waals surface area contributed by atoms with Crippen molar-refractivity contribution in [3.05, 3.63) is 23.3 Å². The molecule has 0 radical (unpaired) electrons. The maximum absolute atomic E-state index is 10.7. The zero-order chi connectivity index (χ0) is 13.9. The van der Waals surface area contributed by atoms with E-state index < -0.39 is 29.7 Å². The molecular formula is C11H13ClO6. The second-order valence-electron chi connectivity index (χ2n) is 3.72. The molecule has 6 nitrogen and oxygen atoms in total. The van der Waals surface area contributed by atoms with Crippen molar-refractivity contribution in [2.75, 3.05) is 5.88 Å². The van der Waals surface area contributed by atoms with Crippen molar-refractivity contribution in [2.24, 2.45) is 0 Å². The summed E-state index contributed by atoms with van der Waals surface area (Å²) < 4.78 is 0. The zero-order valence-electron chi connectivity index (χ0n) is 9.25. The summed E-state index contributed by atoms with van der Waals surface area (Å²) in [6.07, 6.45) is -2.76. The van der Waals surface area contributed by atoms with E-state index in [0.717, 1.165) is 12.1 Å². The van der Waals surface area contributed by atoms with Crippen LogP contribution in [0.3, 0.4) is 0 Å². The molecular weight excluding hydrogens is 264 g/mol. The Hall–Kier alpha value is -1.50. The highest BCUT2D eigenvalue weighted by Crippen LogP contribution is 2.36. The van der Waals surface area contributed by atoms with Gasteiger partial charge in [-0.2, -0.15) is 0 Å². The number of carboxylic acids is 1. The molecule has 0 aliphatic heterocycles. The fourth-order valence-electron chi connectivity index (χ4n) is 1.51. The van der Waals surface area contributed by atoms with E-state index in [0.29, 0.717) is 0 Å². The molecule has 0 fully saturated rings. The highest BCUT2D eigenvalue weighted by molar-refractivity contribution is 6.17. The fourth-order valence-corrected chi connectivity index (χ4v) is 1.74. The van der Waals surface area contributed by atoms with Crippen LogP contribution in [-0.4, -0.2) is 43.5 Å². The lowest BCUT2D eigenvalue weighted by molar-refractivity contribution is 0.0143. The van der Waals surface area contributed by atoms with E-state index in [1.165, 1.54) is 0 Å². The lowest BCUT2D eigenvalue weighted by Gasteiger charge is -2.19. The van der Waals surface area contributed by atoms with Gasteiger partial charge in [0.05, 0.1) is 17.2 Å². The number of rotatable bonds is 5. The second-order valence-corrected chi connectivity index (χ2v) is 4.10. The molecule has 2 unspecified atom stereocenters. The standard InChI is InChI=1S/C11H13ClO6/c12-2-1-6(13)10(16)9-7(14)3-5(11(17)18)4-8(9)15/h3-4,6,10,13-16H,1-2H2,(H,17,18). The van der Waals surface area contributed by atoms with Gasteiger partial charge >= 0.3 is 5.97 Å². The summed E-state index contributed by atoms with van der Waals surface area (Å²) in [4.78, 5) is 10.7. The van der Waals surface area contributed by atoms with Gasteiger partial charge in [-0.05, 0) is 18.6 Å². The van der Waals surface area contributed by atoms with Gasteiger partial charge in [-0.3, -0.25) is 0 Å². The largest absolute Gasteiger partial charge is 0.507 e. The highest BCUT2D eigenvalue weighted by atomic mass is 35.5. The molecule has 18 heavy (non-hydrogen) atoms. The molecule has 0 bridgehead atoms. The van der Waals surface area contributed by atoms with Gasteiger partial charge in [0, 0.05) is 5.88 Å². The average Bonchev–Trinajstić information content (AvgIpc) is 2.27. The smallest absolute Gasteiger partial charge is 0.335 e. The van der Waals surface area contributed by atoms with Gasteiger partial charge in [0.2, 0.25) is 0 Å². The van der Waals surface area contributed by atoms with Crippen molar-refractivity contribution in [1.82, 2.24) is 0 Å². The molecule has 5 N–H and O–H groups in total. The summed E-state index contributed by atoms with van der Waals surface area (Å²) in [6.45, 7) is 0. The molecule has 0 heterocycles. The fraction of sp³-hybridized carbons (Fsp3) is 0.364. The predicted octanol–water partition coefficient (Wildman–Crippen LogP) is 0.819. The SMILES string of the molecule is O=C(O)c1cc(O)c(C(O)C(O)CCCl)c(O)c1. The summed E-state index contributed by atoms with van der Waals surface area (Å²) in [7, 11) is 0. The zero-order valence-corrected chi connectivity index (χ0v) is 10.0. The Bertz CT molecular complexity index is 424. The number of aliphatic hydroxyl groups excluding tert-OH is 2. The quantitative estimate of drug-likeness (QED) is 0.508. The first-order valence-electron chi connectivity index (χ1n) is 5.09. The number of carbonyl (C=O) groups is 1. The van der Waals surface area contributed by atoms with Gasteiger partial charge in [-0.25, -0.2) is 4.79 Å². The van der Waals surface area contributed by atoms with Gasteiger partial charge in [-0.15, -0.1) is 11.6 Å². The number of aliphatic hydroxyl groups is 2. The van der Waals surface area contributed by atoms with Crippen LogP contribution in [0.2, 0.25) is 0 Å². The molecule has 0 aliphatic rings. The number of aromatic carboxylic acids is 1. The average molecular weight is 277 g/mol. The lowest BCUT2D eigenvalue weighted by atomic mass is 9.99. The summed E-state index contributed by atoms with van der Waals surface area (Å²) in [6, 6.07) is 1.77. The predicted molar refractivity (Wildman–Crippen MR) is 63.0 cm³/mol. The third kappa shape index (κ3) is 3.04. The summed E-state index contributed by atoms with van der Waals surface area (Å²) >= 11 is 5.40. The van der Waals surface area contributed by atoms with Crippen LogP contribution in [0.4, 0.5) is 0 Å². The molecule has 7 heteroatoms. The number of carboxylic acid groups (broad SMARTS) is 1. The maximum Gasteiger partial charge on any atom is 0.335 e. The molecule has 0 spiro atoms. The van der Waals surface area contributed by atoms with E-state index in [4.69, 9.17) is 16.7 Å². The maximum atomic E-state index is 10.7. The first-order valence-corrected chi connectivity index (χ1v) is 5.63. The van der Waals surface area contributed by atoms with Crippen LogP contribution in [0.25, 0.3) is 0 Å². The summed E-state index contributed by atoms with van der Waals surface area (Å²) in [5.74, 6) is -2.45. The number of aromatic hydroxyl groups is 2. The Morgan fingerprint density at radius 3 is 2.11 bits per heavy atom.